The lowest BCUT2D eigenvalue weighted by atomic mass is 9.96. The summed E-state index contributed by atoms with van der Waals surface area (Å²) in [5.41, 5.74) is 4.00. The van der Waals surface area contributed by atoms with Gasteiger partial charge in [-0.1, -0.05) is 71.4 Å². The van der Waals surface area contributed by atoms with E-state index in [1.807, 2.05) is 67.8 Å². The fourth-order valence-corrected chi connectivity index (χ4v) is 4.64. The Morgan fingerprint density at radius 2 is 1.80 bits per heavy atom. The van der Waals surface area contributed by atoms with Crippen LogP contribution in [0.4, 0.5) is 11.4 Å². The van der Waals surface area contributed by atoms with Gasteiger partial charge in [-0.15, -0.1) is 11.8 Å². The third-order valence-electron chi connectivity index (χ3n) is 5.51. The van der Waals surface area contributed by atoms with Gasteiger partial charge in [0, 0.05) is 16.1 Å². The van der Waals surface area contributed by atoms with Crippen molar-refractivity contribution in [1.82, 2.24) is 0 Å². The number of para-hydroxylation sites is 2. The van der Waals surface area contributed by atoms with Crippen molar-refractivity contribution >= 4 is 45.6 Å². The van der Waals surface area contributed by atoms with Crippen molar-refractivity contribution < 1.29 is 4.84 Å². The molecule has 5 rings (SSSR count). The zero-order valence-electron chi connectivity index (χ0n) is 16.7. The van der Waals surface area contributed by atoms with Crippen molar-refractivity contribution in [1.29, 1.82) is 0 Å². The van der Waals surface area contributed by atoms with Crippen LogP contribution in [0.2, 0.25) is 5.02 Å². The van der Waals surface area contributed by atoms with Gasteiger partial charge in [0.2, 0.25) is 5.72 Å². The Morgan fingerprint density at radius 1 is 1.03 bits per heavy atom. The molecule has 0 amide bonds. The summed E-state index contributed by atoms with van der Waals surface area (Å²) in [6, 6.07) is 24.4. The van der Waals surface area contributed by atoms with Crippen LogP contribution in [0.25, 0.3) is 0 Å². The number of fused-ring (bicyclic) bond motifs is 3. The maximum Gasteiger partial charge on any atom is 0.247 e. The first-order valence-electron chi connectivity index (χ1n) is 9.71. The molecule has 0 fully saturated rings. The molecule has 0 radical (unpaired) electrons. The Hall–Kier alpha value is -2.76. The number of nitrogens with zero attached hydrogens (tertiary/aromatic N) is 3. The van der Waals surface area contributed by atoms with Gasteiger partial charge in [-0.25, -0.2) is 4.99 Å². The maximum absolute atomic E-state index is 6.46. The molecule has 150 valence electrons. The maximum atomic E-state index is 6.46. The molecule has 4 nitrogen and oxygen atoms in total. The fraction of sp³-hybridized carbons (Fsp3) is 0.167. The van der Waals surface area contributed by atoms with Crippen LogP contribution in [0, 0.1) is 6.92 Å². The van der Waals surface area contributed by atoms with Crippen LogP contribution in [0.1, 0.15) is 23.1 Å². The minimum Gasteiger partial charge on any atom is -0.359 e. The molecule has 0 aliphatic carbocycles. The minimum absolute atomic E-state index is 0.583. The number of oxime groups is 1. The number of thioether (sulfide) groups is 1. The molecular weight excluding hydrogens is 414 g/mol. The summed E-state index contributed by atoms with van der Waals surface area (Å²) >= 11 is 8.09. The van der Waals surface area contributed by atoms with Gasteiger partial charge in [-0.05, 0) is 36.9 Å². The molecule has 2 aliphatic heterocycles. The summed E-state index contributed by atoms with van der Waals surface area (Å²) in [6.45, 7) is 1.99. The first-order chi connectivity index (χ1) is 14.6. The van der Waals surface area contributed by atoms with Crippen LogP contribution in [0.15, 0.2) is 82.9 Å². The Balaban J connectivity index is 1.76. The predicted molar refractivity (Wildman–Crippen MR) is 126 cm³/mol. The van der Waals surface area contributed by atoms with Crippen molar-refractivity contribution in [2.45, 2.75) is 19.1 Å². The predicted octanol–water partition coefficient (Wildman–Crippen LogP) is 6.50. The van der Waals surface area contributed by atoms with E-state index in [0.29, 0.717) is 11.4 Å². The second kappa shape index (κ2) is 7.49. The second-order valence-corrected chi connectivity index (χ2v) is 8.62. The van der Waals surface area contributed by atoms with Crippen LogP contribution >= 0.6 is 23.4 Å². The average molecular weight is 434 g/mol. The van der Waals surface area contributed by atoms with E-state index < -0.39 is 5.72 Å². The highest BCUT2D eigenvalue weighted by molar-refractivity contribution is 8.13. The molecule has 6 heteroatoms. The average Bonchev–Trinajstić information content (AvgIpc) is 3.09. The van der Waals surface area contributed by atoms with Gasteiger partial charge in [0.25, 0.3) is 0 Å². The van der Waals surface area contributed by atoms with E-state index in [2.05, 4.69) is 28.3 Å². The van der Waals surface area contributed by atoms with Gasteiger partial charge in [-0.2, -0.15) is 0 Å². The fourth-order valence-electron chi connectivity index (χ4n) is 3.93. The molecule has 1 atom stereocenters. The smallest absolute Gasteiger partial charge is 0.247 e. The highest BCUT2D eigenvalue weighted by Gasteiger charge is 2.51. The zero-order valence-corrected chi connectivity index (χ0v) is 18.2. The summed E-state index contributed by atoms with van der Waals surface area (Å²) in [5.74, 6) is 0.728. The molecule has 0 bridgehead atoms. The highest BCUT2D eigenvalue weighted by atomic mass is 35.5. The van der Waals surface area contributed by atoms with Crippen molar-refractivity contribution in [2.75, 3.05) is 11.2 Å². The van der Waals surface area contributed by atoms with E-state index in [1.54, 1.807) is 11.8 Å². The van der Waals surface area contributed by atoms with Crippen molar-refractivity contribution in [3.63, 3.8) is 0 Å². The first kappa shape index (κ1) is 19.2. The van der Waals surface area contributed by atoms with E-state index in [0.717, 1.165) is 38.9 Å². The van der Waals surface area contributed by atoms with Crippen LogP contribution < -0.4 is 4.90 Å². The van der Waals surface area contributed by atoms with Crippen LogP contribution in [0.3, 0.4) is 0 Å². The standard InChI is InChI=1S/C24H20ClN3OS/c1-16-12-13-17(14-19(16)25)23-27-29-24(18-8-4-3-5-9-18)15-22(30-2)26-20-10-6-7-11-21(20)28(23)24/h3-14H,15H2,1-2H3. The van der Waals surface area contributed by atoms with Gasteiger partial charge in [-0.3, -0.25) is 4.90 Å². The van der Waals surface area contributed by atoms with Gasteiger partial charge in [0.05, 0.1) is 22.8 Å². The number of rotatable bonds is 2. The monoisotopic (exact) mass is 433 g/mol. The molecular formula is C24H20ClN3OS. The third kappa shape index (κ3) is 3.01. The molecule has 1 unspecified atom stereocenters. The third-order valence-corrected chi connectivity index (χ3v) is 6.62. The zero-order chi connectivity index (χ0) is 20.7. The lowest BCUT2D eigenvalue weighted by Gasteiger charge is -2.36. The van der Waals surface area contributed by atoms with Gasteiger partial charge in [0.1, 0.15) is 0 Å². The molecule has 0 N–H and O–H groups in total. The van der Waals surface area contributed by atoms with Gasteiger partial charge in [0.15, 0.2) is 5.84 Å². The van der Waals surface area contributed by atoms with E-state index in [4.69, 9.17) is 21.4 Å². The van der Waals surface area contributed by atoms with Crippen molar-refractivity contribution in [3.05, 3.63) is 94.5 Å². The Kier molecular flexibility index (Phi) is 4.80. The Morgan fingerprint density at radius 3 is 2.57 bits per heavy atom. The number of hydrogen-bond donors (Lipinski definition) is 0. The molecule has 2 heterocycles. The summed E-state index contributed by atoms with van der Waals surface area (Å²) in [7, 11) is 0. The summed E-state index contributed by atoms with van der Waals surface area (Å²) in [5, 5.41) is 6.30. The minimum atomic E-state index is -0.817. The number of hydrogen-bond acceptors (Lipinski definition) is 5. The molecule has 3 aromatic rings. The van der Waals surface area contributed by atoms with Crippen LogP contribution in [-0.4, -0.2) is 17.1 Å². The number of aliphatic imine (C=N–C) groups is 1. The number of halogens is 1. The van der Waals surface area contributed by atoms with Crippen LogP contribution in [-0.2, 0) is 10.6 Å². The topological polar surface area (TPSA) is 37.2 Å². The molecule has 0 aromatic heterocycles. The second-order valence-electron chi connectivity index (χ2n) is 7.33. The van der Waals surface area contributed by atoms with E-state index >= 15 is 0 Å². The summed E-state index contributed by atoms with van der Waals surface area (Å²) < 4.78 is 0. The number of benzene rings is 3. The molecule has 3 aromatic carbocycles. The summed E-state index contributed by atoms with van der Waals surface area (Å²) in [6.07, 6.45) is 2.63. The van der Waals surface area contributed by atoms with E-state index in [9.17, 15) is 0 Å². The lowest BCUT2D eigenvalue weighted by Crippen LogP contribution is -2.47. The number of anilines is 1. The first-order valence-corrected chi connectivity index (χ1v) is 11.3. The SMILES string of the molecule is CSC1=Nc2ccccc2N2C(c3ccc(C)c(Cl)c3)=NOC2(c2ccccc2)C1. The Labute approximate surface area is 185 Å². The molecule has 0 spiro atoms. The summed E-state index contributed by atoms with van der Waals surface area (Å²) in [4.78, 5) is 13.4. The van der Waals surface area contributed by atoms with E-state index in [1.165, 1.54) is 0 Å². The number of aryl methyl sites for hydroxylation is 1. The molecule has 30 heavy (non-hydrogen) atoms. The normalized spacial score (nSPS) is 19.9. The largest absolute Gasteiger partial charge is 0.359 e. The van der Waals surface area contributed by atoms with Crippen LogP contribution in [0.5, 0.6) is 0 Å². The highest BCUT2D eigenvalue weighted by Crippen LogP contribution is 2.49. The molecule has 0 saturated heterocycles. The quantitative estimate of drug-likeness (QED) is 0.463. The van der Waals surface area contributed by atoms with E-state index in [-0.39, 0.29) is 0 Å². The van der Waals surface area contributed by atoms with Crippen molar-refractivity contribution in [3.8, 4) is 0 Å². The Bertz CT molecular complexity index is 1180. The molecule has 0 saturated carbocycles. The molecule has 2 aliphatic rings. The number of amidine groups is 1. The van der Waals surface area contributed by atoms with Gasteiger partial charge < -0.3 is 4.84 Å². The van der Waals surface area contributed by atoms with Gasteiger partial charge >= 0.3 is 0 Å². The van der Waals surface area contributed by atoms with Crippen molar-refractivity contribution in [2.24, 2.45) is 10.1 Å². The lowest BCUT2D eigenvalue weighted by molar-refractivity contribution is -0.0148.